The number of carbonyl (C=O) groups excluding carboxylic acids is 2. The number of ether oxygens (including phenoxy) is 2. The molecule has 0 spiro atoms. The molecule has 1 saturated heterocycles. The molecule has 2 fully saturated rings. The number of ketones is 1. The van der Waals surface area contributed by atoms with Crippen LogP contribution >= 0.6 is 23.2 Å². The number of aromatic nitrogens is 1. The molecule has 0 radical (unpaired) electrons. The van der Waals surface area contributed by atoms with E-state index in [1.807, 2.05) is 72.8 Å². The topological polar surface area (TPSA) is 102 Å². The van der Waals surface area contributed by atoms with Gasteiger partial charge in [-0.25, -0.2) is 4.98 Å². The van der Waals surface area contributed by atoms with Gasteiger partial charge < -0.3 is 25.4 Å². The van der Waals surface area contributed by atoms with Gasteiger partial charge in [0.05, 0.1) is 30.0 Å². The smallest absolute Gasteiger partial charge is 0.220 e. The van der Waals surface area contributed by atoms with Crippen molar-refractivity contribution in [3.8, 4) is 45.1 Å². The van der Waals surface area contributed by atoms with Gasteiger partial charge in [-0.1, -0.05) is 102 Å². The summed E-state index contributed by atoms with van der Waals surface area (Å²) >= 11 is 14.5. The standard InChI is InChI=1S/C46H46Cl2N4O4/c1-55-37-19-11-29(12-20-37)9-13-31-24-32(14-15-33(31)26-49-25-30-10-18-36(53)23-30)38-5-3-6-39(44(38)47)40-7-4-8-41(45(40)48)42-21-16-34(46(52-42)56-2)27-50-28-35-17-22-43(54)51-35/h3-9,11-16,19-21,24,30,35,49-50H,10,17-18,22-23,25-28H2,1-2H3,(H,51,54)/b13-9+/t30-,35+/m1/s1. The highest BCUT2D eigenvalue weighted by Crippen LogP contribution is 2.43. The van der Waals surface area contributed by atoms with Crippen molar-refractivity contribution < 1.29 is 19.1 Å². The molecule has 2 aliphatic rings. The van der Waals surface area contributed by atoms with Crippen LogP contribution in [-0.4, -0.2) is 50.0 Å². The highest BCUT2D eigenvalue weighted by atomic mass is 35.5. The summed E-state index contributed by atoms with van der Waals surface area (Å²) in [7, 11) is 3.27. The van der Waals surface area contributed by atoms with E-state index in [0.29, 0.717) is 72.2 Å². The lowest BCUT2D eigenvalue weighted by Gasteiger charge is -2.16. The Kier molecular flexibility index (Phi) is 12.8. The number of hydrogen-bond donors (Lipinski definition) is 3. The predicted octanol–water partition coefficient (Wildman–Crippen LogP) is 9.40. The van der Waals surface area contributed by atoms with Crippen LogP contribution in [0.3, 0.4) is 0 Å². The Balaban J connectivity index is 1.14. The Morgan fingerprint density at radius 2 is 1.45 bits per heavy atom. The molecular formula is C46H46Cl2N4O4. The number of halogens is 2. The molecule has 3 N–H and O–H groups in total. The minimum Gasteiger partial charge on any atom is -0.497 e. The van der Waals surface area contributed by atoms with E-state index in [2.05, 4.69) is 46.3 Å². The zero-order valence-corrected chi connectivity index (χ0v) is 33.2. The first-order valence-electron chi connectivity index (χ1n) is 19.1. The van der Waals surface area contributed by atoms with Crippen molar-refractivity contribution in [3.63, 3.8) is 0 Å². The van der Waals surface area contributed by atoms with Crippen molar-refractivity contribution >= 4 is 47.0 Å². The van der Waals surface area contributed by atoms with Crippen LogP contribution in [0.15, 0.2) is 91.0 Å². The molecule has 2 heterocycles. The maximum Gasteiger partial charge on any atom is 0.220 e. The molecule has 10 heteroatoms. The van der Waals surface area contributed by atoms with E-state index in [-0.39, 0.29) is 11.9 Å². The number of pyridine rings is 1. The molecule has 4 aromatic carbocycles. The number of nitrogens with zero attached hydrogens (tertiary/aromatic N) is 1. The van der Waals surface area contributed by atoms with E-state index >= 15 is 0 Å². The van der Waals surface area contributed by atoms with Gasteiger partial charge in [-0.15, -0.1) is 0 Å². The van der Waals surface area contributed by atoms with Gasteiger partial charge in [-0.05, 0) is 71.8 Å². The predicted molar refractivity (Wildman–Crippen MR) is 226 cm³/mol. The van der Waals surface area contributed by atoms with Crippen molar-refractivity contribution in [2.24, 2.45) is 5.92 Å². The number of Topliss-reactive ketones (excluding diaryl/α,β-unsaturated/α-hetero) is 1. The zero-order valence-electron chi connectivity index (χ0n) is 31.7. The number of rotatable bonds is 15. The van der Waals surface area contributed by atoms with Crippen LogP contribution < -0.4 is 25.4 Å². The molecule has 1 aliphatic heterocycles. The van der Waals surface area contributed by atoms with Crippen molar-refractivity contribution in [2.75, 3.05) is 27.3 Å². The fraction of sp³-hybridized carbons (Fsp3) is 0.283. The van der Waals surface area contributed by atoms with E-state index in [9.17, 15) is 9.59 Å². The van der Waals surface area contributed by atoms with E-state index in [1.165, 1.54) is 0 Å². The third kappa shape index (κ3) is 9.33. The largest absolute Gasteiger partial charge is 0.497 e. The number of benzene rings is 4. The number of nitrogens with one attached hydrogen (secondary N) is 3. The Hall–Kier alpha value is -4.99. The van der Waals surface area contributed by atoms with Gasteiger partial charge in [0, 0.05) is 72.8 Å². The molecule has 1 aliphatic carbocycles. The highest BCUT2D eigenvalue weighted by Gasteiger charge is 2.23. The van der Waals surface area contributed by atoms with Crippen LogP contribution in [0, 0.1) is 5.92 Å². The minimum absolute atomic E-state index is 0.101. The lowest BCUT2D eigenvalue weighted by atomic mass is 9.94. The summed E-state index contributed by atoms with van der Waals surface area (Å²) in [6, 6.07) is 30.4. The second-order valence-electron chi connectivity index (χ2n) is 14.4. The molecule has 56 heavy (non-hydrogen) atoms. The second kappa shape index (κ2) is 18.3. The van der Waals surface area contributed by atoms with Gasteiger partial charge in [0.2, 0.25) is 11.8 Å². The maximum absolute atomic E-state index is 11.8. The molecule has 0 unspecified atom stereocenters. The number of amides is 1. The summed E-state index contributed by atoms with van der Waals surface area (Å²) in [6.45, 7) is 2.73. The van der Waals surface area contributed by atoms with E-state index in [0.717, 1.165) is 75.2 Å². The van der Waals surface area contributed by atoms with Gasteiger partial charge in [0.1, 0.15) is 11.5 Å². The van der Waals surface area contributed by atoms with E-state index < -0.39 is 0 Å². The van der Waals surface area contributed by atoms with Crippen LogP contribution in [0.1, 0.15) is 54.4 Å². The van der Waals surface area contributed by atoms with Crippen LogP contribution in [0.25, 0.3) is 45.7 Å². The van der Waals surface area contributed by atoms with Crippen LogP contribution in [0.2, 0.25) is 10.0 Å². The Morgan fingerprint density at radius 3 is 2.14 bits per heavy atom. The molecule has 288 valence electrons. The first kappa shape index (κ1) is 39.3. The maximum atomic E-state index is 11.8. The first-order chi connectivity index (χ1) is 27.3. The van der Waals surface area contributed by atoms with Gasteiger partial charge in [-0.3, -0.25) is 9.59 Å². The minimum atomic E-state index is 0.101. The summed E-state index contributed by atoms with van der Waals surface area (Å²) in [5.41, 5.74) is 9.12. The molecule has 1 saturated carbocycles. The average Bonchev–Trinajstić information content (AvgIpc) is 3.84. The van der Waals surface area contributed by atoms with Gasteiger partial charge in [-0.2, -0.15) is 0 Å². The van der Waals surface area contributed by atoms with Crippen LogP contribution in [0.4, 0.5) is 0 Å². The number of methoxy groups -OCH3 is 2. The number of carbonyl (C=O) groups is 2. The fourth-order valence-electron chi connectivity index (χ4n) is 7.50. The number of hydrogen-bond acceptors (Lipinski definition) is 7. The monoisotopic (exact) mass is 788 g/mol. The molecule has 8 nitrogen and oxygen atoms in total. The van der Waals surface area contributed by atoms with Gasteiger partial charge in [0.25, 0.3) is 0 Å². The molecule has 7 rings (SSSR count). The molecule has 2 atom stereocenters. The van der Waals surface area contributed by atoms with Crippen molar-refractivity contribution in [3.05, 3.63) is 123 Å². The summed E-state index contributed by atoms with van der Waals surface area (Å²) in [5.74, 6) is 2.18. The Bertz CT molecular complexity index is 2240. The zero-order chi connectivity index (χ0) is 39.0. The van der Waals surface area contributed by atoms with Crippen LogP contribution in [0.5, 0.6) is 11.6 Å². The van der Waals surface area contributed by atoms with Gasteiger partial charge in [0.15, 0.2) is 0 Å². The quantitative estimate of drug-likeness (QED) is 0.0910. The molecule has 5 aromatic rings. The third-order valence-electron chi connectivity index (χ3n) is 10.6. The summed E-state index contributed by atoms with van der Waals surface area (Å²) in [6.07, 6.45) is 7.95. The molecule has 0 bridgehead atoms. The van der Waals surface area contributed by atoms with Crippen LogP contribution in [-0.2, 0) is 22.7 Å². The van der Waals surface area contributed by atoms with Crippen molar-refractivity contribution in [2.45, 2.75) is 51.2 Å². The average molecular weight is 790 g/mol. The lowest BCUT2D eigenvalue weighted by molar-refractivity contribution is -0.119. The van der Waals surface area contributed by atoms with Gasteiger partial charge >= 0.3 is 0 Å². The molecule has 1 amide bonds. The van der Waals surface area contributed by atoms with Crippen molar-refractivity contribution in [1.82, 2.24) is 20.9 Å². The summed E-state index contributed by atoms with van der Waals surface area (Å²) in [5, 5.41) is 11.1. The highest BCUT2D eigenvalue weighted by molar-refractivity contribution is 6.39. The molecular weight excluding hydrogens is 743 g/mol. The normalized spacial score (nSPS) is 16.8. The first-order valence-corrected chi connectivity index (χ1v) is 19.8. The Morgan fingerprint density at radius 1 is 0.750 bits per heavy atom. The van der Waals surface area contributed by atoms with E-state index in [1.54, 1.807) is 14.2 Å². The summed E-state index contributed by atoms with van der Waals surface area (Å²) in [4.78, 5) is 28.2. The third-order valence-corrected chi connectivity index (χ3v) is 11.4. The van der Waals surface area contributed by atoms with E-state index in [4.69, 9.17) is 37.7 Å². The lowest BCUT2D eigenvalue weighted by Crippen LogP contribution is -2.35. The molecule has 1 aromatic heterocycles. The Labute approximate surface area is 338 Å². The SMILES string of the molecule is COc1ccc(/C=C/c2cc(-c3cccc(-c4cccc(-c5ccc(CNC[C@@H]6CCC(=O)N6)c(OC)n5)c4Cl)c3Cl)ccc2CNC[C@@H]2CCC(=O)C2)cc1. The second-order valence-corrected chi connectivity index (χ2v) is 15.2. The van der Waals surface area contributed by atoms with Crippen molar-refractivity contribution in [1.29, 1.82) is 0 Å². The summed E-state index contributed by atoms with van der Waals surface area (Å²) < 4.78 is 11.0. The fourth-order valence-corrected chi connectivity index (χ4v) is 8.16.